The zero-order valence-corrected chi connectivity index (χ0v) is 32.9. The first-order chi connectivity index (χ1) is 28.1. The van der Waals surface area contributed by atoms with Crippen molar-refractivity contribution in [2.24, 2.45) is 0 Å². The van der Waals surface area contributed by atoms with Crippen LogP contribution >= 0.6 is 34.9 Å². The van der Waals surface area contributed by atoms with Crippen LogP contribution in [0.2, 0.25) is 10.0 Å². The number of hydrogen-bond acceptors (Lipinski definition) is 13. The van der Waals surface area contributed by atoms with Crippen LogP contribution in [0.15, 0.2) is 109 Å². The van der Waals surface area contributed by atoms with E-state index in [2.05, 4.69) is 8.75 Å². The molecule has 3 atom stereocenters. The Balaban J connectivity index is 0.000000169. The highest BCUT2D eigenvalue weighted by molar-refractivity contribution is 7.00. The maximum atomic E-state index is 13.1. The third kappa shape index (κ3) is 7.69. The Morgan fingerprint density at radius 3 is 2.12 bits per heavy atom. The van der Waals surface area contributed by atoms with Crippen LogP contribution in [0.4, 0.5) is 0 Å². The Morgan fingerprint density at radius 2 is 1.43 bits per heavy atom. The third-order valence-electron chi connectivity index (χ3n) is 9.81. The second kappa shape index (κ2) is 16.5. The minimum Gasteiger partial charge on any atom is -0.465 e. The van der Waals surface area contributed by atoms with Gasteiger partial charge in [0.15, 0.2) is 23.0 Å². The second-order valence-corrected chi connectivity index (χ2v) is 14.7. The molecule has 3 aliphatic rings. The van der Waals surface area contributed by atoms with Crippen molar-refractivity contribution in [1.82, 2.24) is 8.75 Å². The monoisotopic (exact) mass is 838 g/mol. The Bertz CT molecular complexity index is 2560. The highest BCUT2D eigenvalue weighted by atomic mass is 35.5. The molecule has 9 rings (SSSR count). The lowest BCUT2D eigenvalue weighted by molar-refractivity contribution is -0.185. The molecule has 0 aliphatic carbocycles. The van der Waals surface area contributed by atoms with Crippen molar-refractivity contribution in [1.29, 1.82) is 0 Å². The molecule has 0 fully saturated rings. The van der Waals surface area contributed by atoms with Crippen LogP contribution in [-0.2, 0) is 36.1 Å². The lowest BCUT2D eigenvalue weighted by Gasteiger charge is -2.25. The van der Waals surface area contributed by atoms with Gasteiger partial charge in [-0.2, -0.15) is 8.75 Å². The predicted octanol–water partition coefficient (Wildman–Crippen LogP) is 8.17. The van der Waals surface area contributed by atoms with E-state index in [0.717, 1.165) is 34.6 Å². The summed E-state index contributed by atoms with van der Waals surface area (Å²) >= 11 is 13.1. The summed E-state index contributed by atoms with van der Waals surface area (Å²) in [7, 11) is 0. The third-order valence-corrected chi connectivity index (χ3v) is 10.9. The molecule has 1 aromatic heterocycles. The molecule has 1 N–H and O–H groups in total. The van der Waals surface area contributed by atoms with Crippen molar-refractivity contribution < 1.29 is 47.9 Å². The van der Waals surface area contributed by atoms with Gasteiger partial charge < -0.3 is 38.3 Å². The minimum atomic E-state index is -1.96. The number of benzene rings is 5. The van der Waals surface area contributed by atoms with Gasteiger partial charge in [-0.25, -0.2) is 4.79 Å². The number of carbonyl (C=O) groups excluding carboxylic acids is 3. The Morgan fingerprint density at radius 1 is 0.810 bits per heavy atom. The van der Waals surface area contributed by atoms with Gasteiger partial charge in [-0.1, -0.05) is 65.7 Å². The number of rotatable bonds is 10. The summed E-state index contributed by atoms with van der Waals surface area (Å²) in [4.78, 5) is 37.6. The summed E-state index contributed by atoms with van der Waals surface area (Å²) in [5.41, 5.74) is 5.39. The summed E-state index contributed by atoms with van der Waals surface area (Å²) in [6, 6.07) is 29.5. The van der Waals surface area contributed by atoms with Crippen LogP contribution in [0, 0.1) is 0 Å². The number of fused-ring (bicyclic) bond motifs is 3. The number of nitrogens with zero attached hydrogens (tertiary/aromatic N) is 2. The Labute approximate surface area is 345 Å². The second-order valence-electron chi connectivity index (χ2n) is 13.3. The minimum absolute atomic E-state index is 0.117. The first-order valence-electron chi connectivity index (χ1n) is 18.0. The molecule has 12 nitrogen and oxygen atoms in total. The molecule has 58 heavy (non-hydrogen) atoms. The quantitative estimate of drug-likeness (QED) is 0.105. The van der Waals surface area contributed by atoms with Crippen LogP contribution in [0.25, 0.3) is 16.6 Å². The number of hydrogen-bond donors (Lipinski definition) is 1. The van der Waals surface area contributed by atoms with E-state index >= 15 is 0 Å². The average molecular weight is 840 g/mol. The van der Waals surface area contributed by atoms with E-state index in [-0.39, 0.29) is 32.2 Å². The fraction of sp³-hybridized carbons (Fsp3) is 0.186. The Kier molecular flexibility index (Phi) is 11.0. The van der Waals surface area contributed by atoms with Gasteiger partial charge in [0.2, 0.25) is 13.6 Å². The van der Waals surface area contributed by atoms with E-state index in [0.29, 0.717) is 60.9 Å². The molecule has 0 spiro atoms. The summed E-state index contributed by atoms with van der Waals surface area (Å²) in [5.74, 6) is -2.24. The number of aliphatic hydroxyl groups is 1. The molecule has 15 heteroatoms. The molecule has 4 heterocycles. The number of esters is 2. The molecule has 3 unspecified atom stereocenters. The fourth-order valence-corrected chi connectivity index (χ4v) is 7.78. The van der Waals surface area contributed by atoms with Crippen LogP contribution in [-0.4, -0.2) is 52.3 Å². The number of aromatic nitrogens is 2. The lowest BCUT2D eigenvalue weighted by Crippen LogP contribution is -2.29. The molecule has 5 aromatic carbocycles. The van der Waals surface area contributed by atoms with Crippen molar-refractivity contribution in [2.45, 2.75) is 31.0 Å². The SMILES string of the molecule is CCOC(=O)C(c1ccc2c(c1)OCO2)C(C=O)c1ccc(Cl)cc1.O=C1OC(O)(c2ccc(Cl)cc2)C(Cc2ccc3nsnc3c2)=C1c1ccc2c(c1)OCO2. The van der Waals surface area contributed by atoms with E-state index in [1.54, 1.807) is 91.9 Å². The van der Waals surface area contributed by atoms with E-state index in [1.165, 1.54) is 0 Å². The van der Waals surface area contributed by atoms with Crippen LogP contribution in [0.5, 0.6) is 23.0 Å². The van der Waals surface area contributed by atoms with Crippen molar-refractivity contribution in [3.8, 4) is 23.0 Å². The van der Waals surface area contributed by atoms with E-state index in [1.807, 2.05) is 18.2 Å². The molecule has 0 radical (unpaired) electrons. The van der Waals surface area contributed by atoms with Crippen molar-refractivity contribution in [3.05, 3.63) is 147 Å². The fourth-order valence-electron chi connectivity index (χ4n) is 7.01. The molecule has 0 bridgehead atoms. The van der Waals surface area contributed by atoms with Gasteiger partial charge in [0.25, 0.3) is 5.79 Å². The van der Waals surface area contributed by atoms with E-state index in [9.17, 15) is 19.5 Å². The number of halogens is 2. The van der Waals surface area contributed by atoms with Gasteiger partial charge in [0.1, 0.15) is 17.3 Å². The first-order valence-corrected chi connectivity index (χ1v) is 19.5. The Hall–Kier alpha value is -5.99. The van der Waals surface area contributed by atoms with Gasteiger partial charge in [-0.05, 0) is 89.8 Å². The summed E-state index contributed by atoms with van der Waals surface area (Å²) < 4.78 is 40.9. The maximum absolute atomic E-state index is 13.1. The van der Waals surface area contributed by atoms with E-state index in [4.69, 9.17) is 51.6 Å². The van der Waals surface area contributed by atoms with Gasteiger partial charge >= 0.3 is 11.9 Å². The summed E-state index contributed by atoms with van der Waals surface area (Å²) in [6.45, 7) is 2.21. The van der Waals surface area contributed by atoms with Crippen molar-refractivity contribution in [2.75, 3.05) is 20.2 Å². The zero-order chi connectivity index (χ0) is 40.4. The summed E-state index contributed by atoms with van der Waals surface area (Å²) in [5, 5.41) is 12.8. The molecule has 294 valence electrons. The molecule has 0 amide bonds. The zero-order valence-electron chi connectivity index (χ0n) is 30.6. The average Bonchev–Trinajstić information content (AvgIpc) is 4.04. The van der Waals surface area contributed by atoms with Crippen LogP contribution in [0.1, 0.15) is 46.6 Å². The standard InChI is InChI=1S/C24H15ClN2O5S.C19H17ClO5/c25-16-5-3-15(4-6-16)24(29)17(9-13-1-7-18-19(10-13)27-33-26-18)22(23(28)32-24)14-2-8-20-21(11-14)31-12-30-20;1-2-23-19(22)18(13-5-8-16-17(9-13)25-11-24-16)15(10-21)12-3-6-14(20)7-4-12/h1-8,10-11,29H,9,12H2;3-10,15,18H,2,11H2,1H3. The highest BCUT2D eigenvalue weighted by Gasteiger charge is 2.48. The number of cyclic esters (lactones) is 1. The van der Waals surface area contributed by atoms with Crippen LogP contribution in [0.3, 0.4) is 0 Å². The smallest absolute Gasteiger partial charge is 0.342 e. The largest absolute Gasteiger partial charge is 0.465 e. The van der Waals surface area contributed by atoms with Gasteiger partial charge in [0, 0.05) is 27.6 Å². The molecule has 3 aliphatic heterocycles. The van der Waals surface area contributed by atoms with Crippen molar-refractivity contribution >= 4 is 69.8 Å². The molecule has 0 saturated carbocycles. The van der Waals surface area contributed by atoms with Crippen molar-refractivity contribution in [3.63, 3.8) is 0 Å². The highest BCUT2D eigenvalue weighted by Crippen LogP contribution is 2.47. The topological polar surface area (TPSA) is 153 Å². The number of aldehydes is 1. The maximum Gasteiger partial charge on any atom is 0.342 e. The number of ether oxygens (including phenoxy) is 6. The van der Waals surface area contributed by atoms with Gasteiger partial charge in [0.05, 0.1) is 35.7 Å². The molecular formula is C43H32Cl2N2O10S. The van der Waals surface area contributed by atoms with Gasteiger partial charge in [-0.3, -0.25) is 4.79 Å². The molecule has 0 saturated heterocycles. The summed E-state index contributed by atoms with van der Waals surface area (Å²) in [6.07, 6.45) is 1.01. The van der Waals surface area contributed by atoms with Gasteiger partial charge in [-0.15, -0.1) is 0 Å². The predicted molar refractivity (Wildman–Crippen MR) is 214 cm³/mol. The first kappa shape index (κ1) is 38.9. The van der Waals surface area contributed by atoms with Crippen LogP contribution < -0.4 is 18.9 Å². The normalized spacial score (nSPS) is 17.3. The van der Waals surface area contributed by atoms with E-state index < -0.39 is 29.6 Å². The lowest BCUT2D eigenvalue weighted by atomic mass is 9.82. The molecule has 6 aromatic rings. The number of carbonyl (C=O) groups is 3. The molecular weight excluding hydrogens is 807 g/mol.